The molecule has 4 nitrogen and oxygen atoms in total. The zero-order valence-electron chi connectivity index (χ0n) is 16.7. The van der Waals surface area contributed by atoms with Crippen molar-refractivity contribution in [3.8, 4) is 0 Å². The van der Waals surface area contributed by atoms with Crippen LogP contribution in [0.2, 0.25) is 0 Å². The standard InChI is InChI=1S/C22H24F2N2O2.H2S/c1-22(2,3)28-21(27)26-19(14-7-5-4-6-8-14)12-17(20(26)13-25)16-11-15(23)9-10-18(16)24;/h4-12,19-20H,13,25H2,1-3H3;1H2/t19?,20-;/m0./s1. The summed E-state index contributed by atoms with van der Waals surface area (Å²) in [6.45, 7) is 5.37. The number of nitrogens with two attached hydrogens (primary N) is 1. The van der Waals surface area contributed by atoms with E-state index in [1.165, 1.54) is 4.90 Å². The van der Waals surface area contributed by atoms with E-state index in [1.807, 2.05) is 30.3 Å². The van der Waals surface area contributed by atoms with E-state index >= 15 is 0 Å². The summed E-state index contributed by atoms with van der Waals surface area (Å²) in [4.78, 5) is 14.5. The van der Waals surface area contributed by atoms with Crippen LogP contribution in [0.3, 0.4) is 0 Å². The summed E-state index contributed by atoms with van der Waals surface area (Å²) < 4.78 is 33.9. The van der Waals surface area contributed by atoms with E-state index in [4.69, 9.17) is 10.5 Å². The molecular formula is C22H26F2N2O2S. The zero-order valence-corrected chi connectivity index (χ0v) is 17.7. The molecular weight excluding hydrogens is 394 g/mol. The summed E-state index contributed by atoms with van der Waals surface area (Å²) in [5.41, 5.74) is 6.67. The summed E-state index contributed by atoms with van der Waals surface area (Å²) in [7, 11) is 0. The molecule has 0 bridgehead atoms. The second-order valence-corrected chi connectivity index (χ2v) is 7.74. The van der Waals surface area contributed by atoms with Gasteiger partial charge >= 0.3 is 6.09 Å². The van der Waals surface area contributed by atoms with Crippen molar-refractivity contribution in [3.05, 3.63) is 77.4 Å². The Balaban J connectivity index is 0.00000300. The predicted octanol–water partition coefficient (Wildman–Crippen LogP) is 4.78. The summed E-state index contributed by atoms with van der Waals surface area (Å²) in [6, 6.07) is 11.5. The summed E-state index contributed by atoms with van der Waals surface area (Å²) in [6.07, 6.45) is 1.20. The van der Waals surface area contributed by atoms with Gasteiger partial charge in [0.05, 0.1) is 12.1 Å². The lowest BCUT2D eigenvalue weighted by Crippen LogP contribution is -2.45. The lowest BCUT2D eigenvalue weighted by molar-refractivity contribution is 0.0176. The highest BCUT2D eigenvalue weighted by atomic mass is 32.1. The van der Waals surface area contributed by atoms with Gasteiger partial charge in [0.2, 0.25) is 0 Å². The van der Waals surface area contributed by atoms with E-state index < -0.39 is 35.4 Å². The molecule has 0 saturated carbocycles. The first kappa shape index (κ1) is 22.9. The van der Waals surface area contributed by atoms with Crippen molar-refractivity contribution < 1.29 is 18.3 Å². The second kappa shape index (κ2) is 8.97. The number of rotatable bonds is 3. The smallest absolute Gasteiger partial charge is 0.411 e. The summed E-state index contributed by atoms with van der Waals surface area (Å²) in [5, 5.41) is 0. The minimum absolute atomic E-state index is 0. The number of hydrogen-bond acceptors (Lipinski definition) is 3. The molecule has 1 heterocycles. The van der Waals surface area contributed by atoms with Crippen LogP contribution < -0.4 is 5.73 Å². The van der Waals surface area contributed by atoms with Crippen molar-refractivity contribution in [2.45, 2.75) is 38.5 Å². The van der Waals surface area contributed by atoms with Crippen LogP contribution in [-0.2, 0) is 4.74 Å². The second-order valence-electron chi connectivity index (χ2n) is 7.74. The number of amides is 1. The maximum Gasteiger partial charge on any atom is 0.411 e. The molecule has 2 atom stereocenters. The molecule has 0 saturated heterocycles. The molecule has 1 unspecified atom stereocenters. The quantitative estimate of drug-likeness (QED) is 0.777. The lowest BCUT2D eigenvalue weighted by Gasteiger charge is -2.33. The van der Waals surface area contributed by atoms with Crippen molar-refractivity contribution in [2.24, 2.45) is 5.73 Å². The fourth-order valence-electron chi connectivity index (χ4n) is 3.40. The minimum Gasteiger partial charge on any atom is -0.444 e. The first-order valence-electron chi connectivity index (χ1n) is 9.14. The van der Waals surface area contributed by atoms with Crippen LogP contribution in [0.1, 0.15) is 37.9 Å². The topological polar surface area (TPSA) is 55.6 Å². The molecule has 0 radical (unpaired) electrons. The molecule has 1 amide bonds. The van der Waals surface area contributed by atoms with Gasteiger partial charge < -0.3 is 10.5 Å². The van der Waals surface area contributed by atoms with E-state index in [0.29, 0.717) is 5.57 Å². The van der Waals surface area contributed by atoms with Crippen LogP contribution in [0.5, 0.6) is 0 Å². The summed E-state index contributed by atoms with van der Waals surface area (Å²) in [5.74, 6) is -1.12. The first-order chi connectivity index (χ1) is 13.2. The molecule has 3 rings (SSSR count). The number of hydrogen-bond donors (Lipinski definition) is 1. The van der Waals surface area contributed by atoms with E-state index in [1.54, 1.807) is 26.8 Å². The van der Waals surface area contributed by atoms with Gasteiger partial charge in [-0.15, -0.1) is 0 Å². The molecule has 29 heavy (non-hydrogen) atoms. The molecule has 156 valence electrons. The number of carbonyl (C=O) groups is 1. The number of carbonyl (C=O) groups excluding carboxylic acids is 1. The average Bonchev–Trinajstić information content (AvgIpc) is 3.02. The Kier molecular flexibility index (Phi) is 7.08. The minimum atomic E-state index is -0.704. The Morgan fingerprint density at radius 3 is 2.38 bits per heavy atom. The van der Waals surface area contributed by atoms with Crippen LogP contribution in [0, 0.1) is 11.6 Å². The molecule has 2 aromatic carbocycles. The van der Waals surface area contributed by atoms with Gasteiger partial charge in [0.25, 0.3) is 0 Å². The fraction of sp³-hybridized carbons (Fsp3) is 0.318. The Labute approximate surface area is 176 Å². The highest BCUT2D eigenvalue weighted by Gasteiger charge is 2.41. The normalized spacial score (nSPS) is 18.8. The molecule has 1 aliphatic rings. The SMILES string of the molecule is CC(C)(C)OC(=O)N1C(c2ccccc2)C=C(c2cc(F)ccc2F)[C@@H]1CN.S. The largest absolute Gasteiger partial charge is 0.444 e. The monoisotopic (exact) mass is 420 g/mol. The van der Waals surface area contributed by atoms with Crippen LogP contribution in [0.15, 0.2) is 54.6 Å². The van der Waals surface area contributed by atoms with E-state index in [0.717, 1.165) is 23.8 Å². The number of nitrogens with zero attached hydrogens (tertiary/aromatic N) is 1. The van der Waals surface area contributed by atoms with Gasteiger partial charge in [-0.3, -0.25) is 4.90 Å². The van der Waals surface area contributed by atoms with E-state index in [-0.39, 0.29) is 25.6 Å². The average molecular weight is 421 g/mol. The number of benzene rings is 2. The molecule has 0 fully saturated rings. The third-order valence-electron chi connectivity index (χ3n) is 4.54. The van der Waals surface area contributed by atoms with Gasteiger partial charge in [-0.05, 0) is 50.1 Å². The molecule has 1 aliphatic heterocycles. The van der Waals surface area contributed by atoms with E-state index in [2.05, 4.69) is 0 Å². The molecule has 0 aromatic heterocycles. The third-order valence-corrected chi connectivity index (χ3v) is 4.54. The van der Waals surface area contributed by atoms with Gasteiger partial charge in [-0.2, -0.15) is 13.5 Å². The molecule has 2 N–H and O–H groups in total. The van der Waals surface area contributed by atoms with Crippen molar-refractivity contribution in [1.82, 2.24) is 4.90 Å². The Bertz CT molecular complexity index is 897. The number of ether oxygens (including phenoxy) is 1. The number of halogens is 2. The van der Waals surface area contributed by atoms with Crippen LogP contribution in [-0.4, -0.2) is 29.2 Å². The van der Waals surface area contributed by atoms with Gasteiger partial charge in [0.1, 0.15) is 17.2 Å². The fourth-order valence-corrected chi connectivity index (χ4v) is 3.40. The van der Waals surface area contributed by atoms with Crippen LogP contribution >= 0.6 is 13.5 Å². The first-order valence-corrected chi connectivity index (χ1v) is 9.14. The van der Waals surface area contributed by atoms with Crippen molar-refractivity contribution in [2.75, 3.05) is 6.54 Å². The Hall–Kier alpha value is -2.38. The lowest BCUT2D eigenvalue weighted by atomic mass is 9.98. The van der Waals surface area contributed by atoms with Crippen molar-refractivity contribution in [1.29, 1.82) is 0 Å². The molecule has 2 aromatic rings. The molecule has 0 spiro atoms. The van der Waals surface area contributed by atoms with Gasteiger partial charge in [-0.1, -0.05) is 36.4 Å². The maximum absolute atomic E-state index is 14.5. The third kappa shape index (κ3) is 4.97. The van der Waals surface area contributed by atoms with Crippen molar-refractivity contribution >= 4 is 25.2 Å². The predicted molar refractivity (Wildman–Crippen MR) is 115 cm³/mol. The van der Waals surface area contributed by atoms with Gasteiger partial charge in [0, 0.05) is 12.1 Å². The Morgan fingerprint density at radius 1 is 1.14 bits per heavy atom. The highest BCUT2D eigenvalue weighted by Crippen LogP contribution is 2.40. The van der Waals surface area contributed by atoms with Gasteiger partial charge in [0.15, 0.2) is 0 Å². The van der Waals surface area contributed by atoms with Crippen LogP contribution in [0.4, 0.5) is 13.6 Å². The molecule has 0 aliphatic carbocycles. The van der Waals surface area contributed by atoms with Crippen molar-refractivity contribution in [3.63, 3.8) is 0 Å². The zero-order chi connectivity index (χ0) is 20.5. The van der Waals surface area contributed by atoms with E-state index in [9.17, 15) is 13.6 Å². The van der Waals surface area contributed by atoms with Crippen LogP contribution in [0.25, 0.3) is 5.57 Å². The highest BCUT2D eigenvalue weighted by molar-refractivity contribution is 7.59. The summed E-state index contributed by atoms with van der Waals surface area (Å²) >= 11 is 0. The van der Waals surface area contributed by atoms with Gasteiger partial charge in [-0.25, -0.2) is 13.6 Å². The Morgan fingerprint density at radius 2 is 1.79 bits per heavy atom. The maximum atomic E-state index is 14.5. The molecule has 7 heteroatoms.